The zero-order chi connectivity index (χ0) is 4.99. The topological polar surface area (TPSA) is 49.4 Å². The SMILES string of the molecule is O=C([O-])OCI.[K+]. The average Bonchev–Trinajstić information content (AvgIpc) is 1.35. The summed E-state index contributed by atoms with van der Waals surface area (Å²) in [5, 5.41) is 9.26. The van der Waals surface area contributed by atoms with Crippen LogP contribution in [0.15, 0.2) is 0 Å². The van der Waals surface area contributed by atoms with Crippen molar-refractivity contribution in [3.63, 3.8) is 0 Å². The molecule has 0 atom stereocenters. The summed E-state index contributed by atoms with van der Waals surface area (Å²) in [6.07, 6.45) is -1.47. The van der Waals surface area contributed by atoms with Crippen LogP contribution in [0.25, 0.3) is 0 Å². The maximum absolute atomic E-state index is 9.26. The molecule has 5 heteroatoms. The molecule has 0 aliphatic heterocycles. The van der Waals surface area contributed by atoms with E-state index in [1.807, 2.05) is 0 Å². The van der Waals surface area contributed by atoms with E-state index in [-0.39, 0.29) is 56.0 Å². The van der Waals surface area contributed by atoms with Crippen LogP contribution >= 0.6 is 22.6 Å². The number of hydrogen-bond acceptors (Lipinski definition) is 3. The molecule has 0 amide bonds. The quantitative estimate of drug-likeness (QED) is 0.209. The molecule has 0 aromatic carbocycles. The van der Waals surface area contributed by atoms with Gasteiger partial charge in [-0.15, -0.1) is 0 Å². The van der Waals surface area contributed by atoms with Gasteiger partial charge in [0, 0.05) is 0 Å². The van der Waals surface area contributed by atoms with Crippen molar-refractivity contribution in [3.05, 3.63) is 0 Å². The van der Waals surface area contributed by atoms with Gasteiger partial charge >= 0.3 is 51.4 Å². The van der Waals surface area contributed by atoms with Gasteiger partial charge in [-0.3, -0.25) is 0 Å². The molecule has 0 rings (SSSR count). The predicted octanol–water partition coefficient (Wildman–Crippen LogP) is -3.26. The predicted molar refractivity (Wildman–Crippen MR) is 25.4 cm³/mol. The van der Waals surface area contributed by atoms with Gasteiger partial charge in [-0.1, -0.05) is 22.6 Å². The van der Waals surface area contributed by atoms with Gasteiger partial charge < -0.3 is 14.6 Å². The Morgan fingerprint density at radius 3 is 2.29 bits per heavy atom. The fourth-order valence-electron chi connectivity index (χ4n) is 0.0445. The van der Waals surface area contributed by atoms with Crippen molar-refractivity contribution in [1.82, 2.24) is 0 Å². The van der Waals surface area contributed by atoms with Crippen molar-refractivity contribution in [3.8, 4) is 0 Å². The van der Waals surface area contributed by atoms with E-state index in [9.17, 15) is 9.90 Å². The van der Waals surface area contributed by atoms with E-state index in [1.54, 1.807) is 22.6 Å². The second-order valence-corrected chi connectivity index (χ2v) is 1.13. The van der Waals surface area contributed by atoms with E-state index in [0.717, 1.165) is 0 Å². The molecule has 0 bridgehead atoms. The largest absolute Gasteiger partial charge is 1.00 e. The van der Waals surface area contributed by atoms with Crippen molar-refractivity contribution >= 4 is 28.7 Å². The standard InChI is InChI=1S/C2H3IO3.K/c3-1-6-2(4)5;/h1H2,(H,4,5);/q;+1/p-1. The summed E-state index contributed by atoms with van der Waals surface area (Å²) in [4.78, 5) is 9.26. The number of carbonyl (C=O) groups is 1. The second kappa shape index (κ2) is 7.64. The molecule has 0 N–H and O–H groups in total. The first-order valence-electron chi connectivity index (χ1n) is 1.17. The number of carbonyl (C=O) groups excluding carboxylic acids is 1. The van der Waals surface area contributed by atoms with Crippen LogP contribution in [0.3, 0.4) is 0 Å². The van der Waals surface area contributed by atoms with Gasteiger partial charge in [0.05, 0.1) is 4.61 Å². The number of rotatable bonds is 1. The molecule has 0 saturated heterocycles. The Morgan fingerprint density at radius 2 is 2.29 bits per heavy atom. The summed E-state index contributed by atoms with van der Waals surface area (Å²) in [5.41, 5.74) is 0. The van der Waals surface area contributed by atoms with Gasteiger partial charge in [0.15, 0.2) is 0 Å². The molecule has 36 valence electrons. The Balaban J connectivity index is 0. The maximum atomic E-state index is 9.26. The third-order valence-corrected chi connectivity index (χ3v) is 0.484. The van der Waals surface area contributed by atoms with Gasteiger partial charge in [0.1, 0.15) is 0 Å². The zero-order valence-corrected chi connectivity index (χ0v) is 9.09. The van der Waals surface area contributed by atoms with Crippen LogP contribution in [0.5, 0.6) is 0 Å². The van der Waals surface area contributed by atoms with E-state index in [2.05, 4.69) is 4.74 Å². The third kappa shape index (κ3) is 11.3. The van der Waals surface area contributed by atoms with Crippen molar-refractivity contribution in [1.29, 1.82) is 0 Å². The minimum absolute atomic E-state index is 0. The summed E-state index contributed by atoms with van der Waals surface area (Å²) in [7, 11) is 0. The summed E-state index contributed by atoms with van der Waals surface area (Å²) in [6.45, 7) is 0. The van der Waals surface area contributed by atoms with Crippen LogP contribution in [0.4, 0.5) is 4.79 Å². The molecule has 0 unspecified atom stereocenters. The van der Waals surface area contributed by atoms with E-state index >= 15 is 0 Å². The smallest absolute Gasteiger partial charge is 0.539 e. The number of alkyl halides is 1. The van der Waals surface area contributed by atoms with E-state index < -0.39 is 6.16 Å². The van der Waals surface area contributed by atoms with E-state index in [0.29, 0.717) is 0 Å². The molecular weight excluding hydrogens is 238 g/mol. The van der Waals surface area contributed by atoms with Gasteiger partial charge in [-0.25, -0.2) is 0 Å². The van der Waals surface area contributed by atoms with Crippen molar-refractivity contribution in [2.75, 3.05) is 4.61 Å². The molecule has 0 radical (unpaired) electrons. The fourth-order valence-corrected chi connectivity index (χ4v) is 0.299. The van der Waals surface area contributed by atoms with Crippen LogP contribution < -0.4 is 56.5 Å². The Labute approximate surface area is 97.4 Å². The first-order chi connectivity index (χ1) is 2.77. The maximum Gasteiger partial charge on any atom is 1.00 e. The minimum atomic E-state index is -1.47. The second-order valence-electron chi connectivity index (χ2n) is 0.503. The van der Waals surface area contributed by atoms with Gasteiger partial charge in [-0.2, -0.15) is 0 Å². The van der Waals surface area contributed by atoms with Crippen LogP contribution in [0.2, 0.25) is 0 Å². The molecule has 7 heavy (non-hydrogen) atoms. The Bertz CT molecular complexity index is 56.9. The van der Waals surface area contributed by atoms with Crippen LogP contribution in [0, 0.1) is 0 Å². The van der Waals surface area contributed by atoms with E-state index in [4.69, 9.17) is 0 Å². The molecule has 0 spiro atoms. The minimum Gasteiger partial charge on any atom is -0.539 e. The Kier molecular flexibility index (Phi) is 12.5. The fraction of sp³-hybridized carbons (Fsp3) is 0.500. The van der Waals surface area contributed by atoms with Gasteiger partial charge in [0.25, 0.3) is 6.16 Å². The number of ether oxygens (including phenoxy) is 1. The van der Waals surface area contributed by atoms with Crippen molar-refractivity contribution < 1.29 is 66.0 Å². The average molecular weight is 240 g/mol. The van der Waals surface area contributed by atoms with Gasteiger partial charge in [0.2, 0.25) is 0 Å². The first kappa shape index (κ1) is 11.4. The summed E-state index contributed by atoms with van der Waals surface area (Å²) in [6, 6.07) is 0. The molecule has 3 nitrogen and oxygen atoms in total. The van der Waals surface area contributed by atoms with Crippen LogP contribution in [-0.2, 0) is 4.74 Å². The molecular formula is C2H2IKO3. The molecule has 0 aromatic heterocycles. The summed E-state index contributed by atoms with van der Waals surface area (Å²) >= 11 is 1.76. The zero-order valence-electron chi connectivity index (χ0n) is 3.81. The van der Waals surface area contributed by atoms with Crippen LogP contribution in [-0.4, -0.2) is 10.8 Å². The molecule has 0 heterocycles. The van der Waals surface area contributed by atoms with Crippen molar-refractivity contribution in [2.24, 2.45) is 0 Å². The molecule has 0 aromatic rings. The molecule has 0 saturated carbocycles. The Morgan fingerprint density at radius 1 is 1.86 bits per heavy atom. The summed E-state index contributed by atoms with van der Waals surface area (Å²) < 4.78 is 3.97. The van der Waals surface area contributed by atoms with Crippen LogP contribution in [0.1, 0.15) is 0 Å². The number of carboxylic acid groups (broad SMARTS) is 1. The number of hydrogen-bond donors (Lipinski definition) is 0. The molecule has 0 aliphatic carbocycles. The molecule has 0 fully saturated rings. The summed E-state index contributed by atoms with van der Waals surface area (Å²) in [5.74, 6) is 0. The monoisotopic (exact) mass is 240 g/mol. The molecule has 0 aliphatic rings. The normalized spacial score (nSPS) is 6.43. The van der Waals surface area contributed by atoms with Gasteiger partial charge in [-0.05, 0) is 0 Å². The first-order valence-corrected chi connectivity index (χ1v) is 2.69. The Hall–Kier alpha value is 1.64. The third-order valence-electron chi connectivity index (χ3n) is 0.172. The van der Waals surface area contributed by atoms with Crippen molar-refractivity contribution in [2.45, 2.75) is 0 Å². The number of halogens is 1. The van der Waals surface area contributed by atoms with E-state index in [1.165, 1.54) is 0 Å².